The Labute approximate surface area is 182 Å². The number of nitrogens with one attached hydrogen (secondary N) is 1. The molecule has 0 aliphatic carbocycles. The summed E-state index contributed by atoms with van der Waals surface area (Å²) >= 11 is 3.36. The Bertz CT molecular complexity index is 939. The van der Waals surface area contributed by atoms with Gasteiger partial charge in [-0.3, -0.25) is 24.1 Å². The number of hydrogen-bond acceptors (Lipinski definition) is 5. The molecule has 1 unspecified atom stereocenters. The summed E-state index contributed by atoms with van der Waals surface area (Å²) in [5, 5.41) is 2.76. The van der Waals surface area contributed by atoms with E-state index in [1.807, 2.05) is 31.2 Å². The quantitative estimate of drug-likeness (QED) is 0.470. The van der Waals surface area contributed by atoms with Crippen LogP contribution < -0.4 is 5.32 Å². The maximum atomic E-state index is 12.3. The molecule has 0 aromatic heterocycles. The van der Waals surface area contributed by atoms with Gasteiger partial charge in [-0.05, 0) is 43.2 Å². The van der Waals surface area contributed by atoms with Crippen molar-refractivity contribution in [3.05, 3.63) is 69.7 Å². The molecule has 1 aliphatic heterocycles. The van der Waals surface area contributed by atoms with Gasteiger partial charge in [0.25, 0.3) is 17.7 Å². The normalized spacial score (nSPS) is 13.7. The number of benzene rings is 2. The minimum Gasteiger partial charge on any atom is -0.456 e. The van der Waals surface area contributed by atoms with Gasteiger partial charge in [0.05, 0.1) is 17.2 Å². The fraction of sp³-hybridized carbons (Fsp3) is 0.273. The monoisotopic (exact) mass is 472 g/mol. The molecule has 156 valence electrons. The Kier molecular flexibility index (Phi) is 6.99. The lowest BCUT2D eigenvalue weighted by Crippen LogP contribution is -2.32. The van der Waals surface area contributed by atoms with Crippen LogP contribution in [0.2, 0.25) is 0 Å². The molecule has 1 atom stereocenters. The molecule has 1 N–H and O–H groups in total. The van der Waals surface area contributed by atoms with Crippen molar-refractivity contribution in [2.75, 3.05) is 13.2 Å². The lowest BCUT2D eigenvalue weighted by Gasteiger charge is -2.15. The topological polar surface area (TPSA) is 92.8 Å². The number of ether oxygens (including phenoxy) is 1. The molecular formula is C22H21BrN2O5. The molecule has 0 spiro atoms. The first-order valence-corrected chi connectivity index (χ1v) is 10.3. The minimum absolute atomic E-state index is 0.00293. The van der Waals surface area contributed by atoms with Crippen molar-refractivity contribution in [2.45, 2.75) is 25.8 Å². The highest BCUT2D eigenvalue weighted by atomic mass is 79.9. The molecule has 0 saturated heterocycles. The molecule has 2 aromatic carbocycles. The van der Waals surface area contributed by atoms with Gasteiger partial charge < -0.3 is 10.1 Å². The standard InChI is InChI=1S/C22H21BrN2O5/c1-14(15-8-10-16(23)11-9-15)24-19(26)13-30-20(27)7-4-12-25-21(28)17-5-2-3-6-18(17)22(25)29/h2-3,5-6,8-11,14H,4,7,12-13H2,1H3,(H,24,26). The Hall–Kier alpha value is -3.00. The summed E-state index contributed by atoms with van der Waals surface area (Å²) in [7, 11) is 0. The molecule has 30 heavy (non-hydrogen) atoms. The van der Waals surface area contributed by atoms with E-state index in [1.165, 1.54) is 0 Å². The van der Waals surface area contributed by atoms with Crippen molar-refractivity contribution in [1.29, 1.82) is 0 Å². The van der Waals surface area contributed by atoms with E-state index in [0.717, 1.165) is 14.9 Å². The van der Waals surface area contributed by atoms with Gasteiger partial charge in [0.2, 0.25) is 0 Å². The SMILES string of the molecule is CC(NC(=O)COC(=O)CCCN1C(=O)c2ccccc2C1=O)c1ccc(Br)cc1. The van der Waals surface area contributed by atoms with Gasteiger partial charge in [-0.25, -0.2) is 0 Å². The summed E-state index contributed by atoms with van der Waals surface area (Å²) in [6.07, 6.45) is 0.268. The maximum absolute atomic E-state index is 12.3. The molecule has 0 fully saturated rings. The summed E-state index contributed by atoms with van der Waals surface area (Å²) in [5.41, 5.74) is 1.68. The molecular weight excluding hydrogens is 452 g/mol. The summed E-state index contributed by atoms with van der Waals surface area (Å²) in [4.78, 5) is 49.6. The first-order chi connectivity index (χ1) is 14.4. The summed E-state index contributed by atoms with van der Waals surface area (Å²) in [5.74, 6) is -1.67. The highest BCUT2D eigenvalue weighted by molar-refractivity contribution is 9.10. The van der Waals surface area contributed by atoms with Crippen molar-refractivity contribution in [1.82, 2.24) is 10.2 Å². The second kappa shape index (κ2) is 9.67. The van der Waals surface area contributed by atoms with E-state index < -0.39 is 11.9 Å². The van der Waals surface area contributed by atoms with Crippen LogP contribution in [0.25, 0.3) is 0 Å². The maximum Gasteiger partial charge on any atom is 0.306 e. The molecule has 1 heterocycles. The van der Waals surface area contributed by atoms with Crippen LogP contribution in [0.5, 0.6) is 0 Å². The zero-order valence-electron chi connectivity index (χ0n) is 16.4. The van der Waals surface area contributed by atoms with Gasteiger partial charge in [-0.2, -0.15) is 0 Å². The summed E-state index contributed by atoms with van der Waals surface area (Å²) in [6.45, 7) is 1.58. The summed E-state index contributed by atoms with van der Waals surface area (Å²) < 4.78 is 5.94. The molecule has 3 amide bonds. The van der Waals surface area contributed by atoms with Crippen LogP contribution in [0.4, 0.5) is 0 Å². The molecule has 8 heteroatoms. The van der Waals surface area contributed by atoms with Crippen LogP contribution in [0.15, 0.2) is 53.0 Å². The van der Waals surface area contributed by atoms with Crippen molar-refractivity contribution >= 4 is 39.6 Å². The molecule has 7 nitrogen and oxygen atoms in total. The predicted octanol–water partition coefficient (Wildman–Crippen LogP) is 3.25. The zero-order chi connectivity index (χ0) is 21.7. The first kappa shape index (κ1) is 21.7. The van der Waals surface area contributed by atoms with Crippen molar-refractivity contribution in [2.24, 2.45) is 0 Å². The van der Waals surface area contributed by atoms with Crippen LogP contribution in [0, 0.1) is 0 Å². The molecule has 1 aliphatic rings. The third kappa shape index (κ3) is 5.13. The second-order valence-electron chi connectivity index (χ2n) is 6.91. The zero-order valence-corrected chi connectivity index (χ0v) is 18.0. The van der Waals surface area contributed by atoms with E-state index in [-0.39, 0.29) is 43.8 Å². The lowest BCUT2D eigenvalue weighted by molar-refractivity contribution is -0.148. The van der Waals surface area contributed by atoms with Crippen LogP contribution in [0.3, 0.4) is 0 Å². The number of halogens is 1. The van der Waals surface area contributed by atoms with Crippen molar-refractivity contribution in [3.8, 4) is 0 Å². The second-order valence-corrected chi connectivity index (χ2v) is 7.83. The number of nitrogens with zero attached hydrogens (tertiary/aromatic N) is 1. The van der Waals surface area contributed by atoms with Crippen LogP contribution in [-0.2, 0) is 14.3 Å². The third-order valence-electron chi connectivity index (χ3n) is 4.75. The van der Waals surface area contributed by atoms with Crippen LogP contribution in [0.1, 0.15) is 52.1 Å². The van der Waals surface area contributed by atoms with Gasteiger partial charge in [0, 0.05) is 17.4 Å². The molecule has 0 radical (unpaired) electrons. The van der Waals surface area contributed by atoms with Crippen molar-refractivity contribution in [3.63, 3.8) is 0 Å². The van der Waals surface area contributed by atoms with Gasteiger partial charge in [-0.1, -0.05) is 40.2 Å². The summed E-state index contributed by atoms with van der Waals surface area (Å²) in [6, 6.07) is 13.9. The number of esters is 1. The van der Waals surface area contributed by atoms with E-state index in [4.69, 9.17) is 4.74 Å². The van der Waals surface area contributed by atoms with Gasteiger partial charge in [0.15, 0.2) is 6.61 Å². The lowest BCUT2D eigenvalue weighted by atomic mass is 10.1. The smallest absolute Gasteiger partial charge is 0.306 e. The molecule has 0 bridgehead atoms. The Morgan fingerprint density at radius 3 is 2.23 bits per heavy atom. The van der Waals surface area contributed by atoms with E-state index in [2.05, 4.69) is 21.2 Å². The molecule has 2 aromatic rings. The number of imide groups is 1. The number of carbonyl (C=O) groups excluding carboxylic acids is 4. The Balaban J connectivity index is 1.38. The van der Waals surface area contributed by atoms with Crippen molar-refractivity contribution < 1.29 is 23.9 Å². The Morgan fingerprint density at radius 2 is 1.63 bits per heavy atom. The average molecular weight is 473 g/mol. The number of amides is 3. The number of carbonyl (C=O) groups is 4. The van der Waals surface area contributed by atoms with Gasteiger partial charge in [0.1, 0.15) is 0 Å². The van der Waals surface area contributed by atoms with E-state index in [1.54, 1.807) is 24.3 Å². The number of hydrogen-bond donors (Lipinski definition) is 1. The average Bonchev–Trinajstić information content (AvgIpc) is 2.98. The minimum atomic E-state index is -0.557. The first-order valence-electron chi connectivity index (χ1n) is 9.52. The Morgan fingerprint density at radius 1 is 1.03 bits per heavy atom. The molecule has 3 rings (SSSR count). The van der Waals surface area contributed by atoms with Crippen LogP contribution in [-0.4, -0.2) is 41.7 Å². The van der Waals surface area contributed by atoms with Crippen LogP contribution >= 0.6 is 15.9 Å². The largest absolute Gasteiger partial charge is 0.456 e. The fourth-order valence-corrected chi connectivity index (χ4v) is 3.42. The van der Waals surface area contributed by atoms with Gasteiger partial charge in [-0.15, -0.1) is 0 Å². The van der Waals surface area contributed by atoms with E-state index in [0.29, 0.717) is 11.1 Å². The van der Waals surface area contributed by atoms with Gasteiger partial charge >= 0.3 is 5.97 Å². The van der Waals surface area contributed by atoms with E-state index >= 15 is 0 Å². The number of fused-ring (bicyclic) bond motifs is 1. The highest BCUT2D eigenvalue weighted by Gasteiger charge is 2.34. The molecule has 0 saturated carbocycles. The third-order valence-corrected chi connectivity index (χ3v) is 5.28. The predicted molar refractivity (Wildman–Crippen MR) is 113 cm³/mol. The van der Waals surface area contributed by atoms with E-state index in [9.17, 15) is 19.2 Å². The fourth-order valence-electron chi connectivity index (χ4n) is 3.16. The number of rotatable bonds is 8. The highest BCUT2D eigenvalue weighted by Crippen LogP contribution is 2.22.